The predicted octanol–water partition coefficient (Wildman–Crippen LogP) is 2.73. The molecule has 6 heteroatoms. The van der Waals surface area contributed by atoms with Gasteiger partial charge in [-0.05, 0) is 24.3 Å². The zero-order valence-corrected chi connectivity index (χ0v) is 10.4. The van der Waals surface area contributed by atoms with E-state index in [2.05, 4.69) is 15.0 Å². The summed E-state index contributed by atoms with van der Waals surface area (Å²) in [7, 11) is 1.30. The first-order chi connectivity index (χ1) is 8.69. The first-order valence-corrected chi connectivity index (χ1v) is 5.60. The van der Waals surface area contributed by atoms with Crippen LogP contribution in [0.5, 0.6) is 0 Å². The van der Waals surface area contributed by atoms with Crippen molar-refractivity contribution < 1.29 is 13.9 Å². The molecule has 0 saturated carbocycles. The molecule has 0 aliphatic heterocycles. The Kier molecular flexibility index (Phi) is 3.84. The summed E-state index contributed by atoms with van der Waals surface area (Å²) in [6.45, 7) is 0.407. The lowest BCUT2D eigenvalue weighted by Crippen LogP contribution is -2.01. The van der Waals surface area contributed by atoms with E-state index >= 15 is 0 Å². The Hall–Kier alpha value is -2.01. The van der Waals surface area contributed by atoms with Crippen LogP contribution < -0.4 is 5.32 Å². The molecule has 2 aromatic heterocycles. The molecule has 2 rings (SSSR count). The summed E-state index contributed by atoms with van der Waals surface area (Å²) in [5.74, 6) is 0.922. The van der Waals surface area contributed by atoms with Gasteiger partial charge in [0.25, 0.3) is 0 Å². The number of halogens is 1. The Morgan fingerprint density at radius 2 is 2.28 bits per heavy atom. The lowest BCUT2D eigenvalue weighted by molar-refractivity contribution is 0.0563. The minimum atomic E-state index is -0.498. The summed E-state index contributed by atoms with van der Waals surface area (Å²) in [5.41, 5.74) is 0. The summed E-state index contributed by atoms with van der Waals surface area (Å²) >= 11 is 5.76. The number of rotatable bonds is 4. The molecule has 0 atom stereocenters. The zero-order chi connectivity index (χ0) is 13.0. The van der Waals surface area contributed by atoms with Gasteiger partial charge < -0.3 is 14.5 Å². The summed E-state index contributed by atoms with van der Waals surface area (Å²) in [5, 5.41) is 3.44. The molecule has 0 radical (unpaired) electrons. The molecule has 18 heavy (non-hydrogen) atoms. The number of anilines is 1. The molecular weight excluding hydrogens is 256 g/mol. The van der Waals surface area contributed by atoms with Crippen molar-refractivity contribution in [2.75, 3.05) is 12.4 Å². The Labute approximate surface area is 109 Å². The third kappa shape index (κ3) is 3.01. The second kappa shape index (κ2) is 5.55. The van der Waals surface area contributed by atoms with Crippen LogP contribution in [-0.4, -0.2) is 18.1 Å². The van der Waals surface area contributed by atoms with Gasteiger partial charge >= 0.3 is 5.97 Å². The van der Waals surface area contributed by atoms with Crippen molar-refractivity contribution >= 4 is 23.4 Å². The molecule has 0 aliphatic rings. The first-order valence-electron chi connectivity index (χ1n) is 5.22. The van der Waals surface area contributed by atoms with Crippen LogP contribution in [0, 0.1) is 0 Å². The summed E-state index contributed by atoms with van der Waals surface area (Å²) in [6.07, 6.45) is 0. The maximum Gasteiger partial charge on any atom is 0.373 e. The standard InChI is InChI=1S/C12H11ClN2O3/c1-17-12(16)9-6-5-8(18-9)7-14-11-4-2-3-10(13)15-11/h2-6H,7H2,1H3,(H,14,15). The van der Waals surface area contributed by atoms with E-state index in [9.17, 15) is 4.79 Å². The van der Waals surface area contributed by atoms with Crippen molar-refractivity contribution in [2.45, 2.75) is 6.54 Å². The molecule has 1 N–H and O–H groups in total. The summed E-state index contributed by atoms with van der Waals surface area (Å²) < 4.78 is 9.84. The van der Waals surface area contributed by atoms with Crippen molar-refractivity contribution in [2.24, 2.45) is 0 Å². The number of carbonyl (C=O) groups is 1. The van der Waals surface area contributed by atoms with E-state index in [0.717, 1.165) is 0 Å². The van der Waals surface area contributed by atoms with Crippen LogP contribution in [0.2, 0.25) is 5.15 Å². The monoisotopic (exact) mass is 266 g/mol. The van der Waals surface area contributed by atoms with Crippen LogP contribution in [0.15, 0.2) is 34.7 Å². The van der Waals surface area contributed by atoms with Gasteiger partial charge in [-0.1, -0.05) is 17.7 Å². The summed E-state index contributed by atoms with van der Waals surface area (Å²) in [6, 6.07) is 8.53. The van der Waals surface area contributed by atoms with Crippen LogP contribution in [0.4, 0.5) is 5.82 Å². The summed E-state index contributed by atoms with van der Waals surface area (Å²) in [4.78, 5) is 15.2. The van der Waals surface area contributed by atoms with Crippen LogP contribution in [0.1, 0.15) is 16.3 Å². The molecule has 2 aromatic rings. The molecule has 0 fully saturated rings. The lowest BCUT2D eigenvalue weighted by atomic mass is 10.4. The van der Waals surface area contributed by atoms with E-state index in [0.29, 0.717) is 23.3 Å². The number of aromatic nitrogens is 1. The molecule has 0 saturated heterocycles. The molecule has 0 aliphatic carbocycles. The number of pyridine rings is 1. The van der Waals surface area contributed by atoms with Gasteiger partial charge in [0, 0.05) is 0 Å². The number of nitrogens with zero attached hydrogens (tertiary/aromatic N) is 1. The number of furan rings is 1. The van der Waals surface area contributed by atoms with Crippen LogP contribution >= 0.6 is 11.6 Å². The number of hydrogen-bond acceptors (Lipinski definition) is 5. The number of ether oxygens (including phenoxy) is 1. The molecule has 0 bridgehead atoms. The normalized spacial score (nSPS) is 10.1. The van der Waals surface area contributed by atoms with Gasteiger partial charge in [-0.25, -0.2) is 9.78 Å². The topological polar surface area (TPSA) is 64.4 Å². The van der Waals surface area contributed by atoms with Gasteiger partial charge in [0.05, 0.1) is 13.7 Å². The fourth-order valence-electron chi connectivity index (χ4n) is 1.37. The van der Waals surface area contributed by atoms with Crippen molar-refractivity contribution in [3.63, 3.8) is 0 Å². The third-order valence-corrected chi connectivity index (χ3v) is 2.42. The Balaban J connectivity index is 1.98. The second-order valence-electron chi connectivity index (χ2n) is 3.46. The highest BCUT2D eigenvalue weighted by atomic mass is 35.5. The fraction of sp³-hybridized carbons (Fsp3) is 0.167. The van der Waals surface area contributed by atoms with E-state index in [1.54, 1.807) is 30.3 Å². The van der Waals surface area contributed by atoms with Gasteiger partial charge in [0.1, 0.15) is 16.7 Å². The van der Waals surface area contributed by atoms with Crippen LogP contribution in [-0.2, 0) is 11.3 Å². The van der Waals surface area contributed by atoms with Gasteiger partial charge in [-0.2, -0.15) is 0 Å². The first kappa shape index (κ1) is 12.4. The van der Waals surface area contributed by atoms with Gasteiger partial charge in [0.15, 0.2) is 0 Å². The molecule has 0 spiro atoms. The van der Waals surface area contributed by atoms with Crippen molar-refractivity contribution in [3.05, 3.63) is 47.0 Å². The van der Waals surface area contributed by atoms with Crippen molar-refractivity contribution in [1.82, 2.24) is 4.98 Å². The molecular formula is C12H11ClN2O3. The van der Waals surface area contributed by atoms with Gasteiger partial charge in [-0.3, -0.25) is 0 Å². The third-order valence-electron chi connectivity index (χ3n) is 2.21. The highest BCUT2D eigenvalue weighted by Crippen LogP contribution is 2.13. The maximum atomic E-state index is 11.2. The Morgan fingerprint density at radius 3 is 3.00 bits per heavy atom. The van der Waals surface area contributed by atoms with E-state index in [4.69, 9.17) is 16.0 Å². The molecule has 0 aromatic carbocycles. The lowest BCUT2D eigenvalue weighted by Gasteiger charge is -2.03. The average Bonchev–Trinajstić information content (AvgIpc) is 2.84. The number of nitrogens with one attached hydrogen (secondary N) is 1. The van der Waals surface area contributed by atoms with E-state index in [1.807, 2.05) is 0 Å². The highest BCUT2D eigenvalue weighted by molar-refractivity contribution is 6.29. The average molecular weight is 267 g/mol. The molecule has 94 valence electrons. The minimum Gasteiger partial charge on any atom is -0.463 e. The van der Waals surface area contributed by atoms with E-state index < -0.39 is 5.97 Å². The van der Waals surface area contributed by atoms with Crippen molar-refractivity contribution in [1.29, 1.82) is 0 Å². The number of esters is 1. The molecule has 5 nitrogen and oxygen atoms in total. The number of carbonyl (C=O) groups excluding carboxylic acids is 1. The largest absolute Gasteiger partial charge is 0.463 e. The highest BCUT2D eigenvalue weighted by Gasteiger charge is 2.10. The van der Waals surface area contributed by atoms with Gasteiger partial charge in [0.2, 0.25) is 5.76 Å². The van der Waals surface area contributed by atoms with E-state index in [-0.39, 0.29) is 5.76 Å². The van der Waals surface area contributed by atoms with Gasteiger partial charge in [-0.15, -0.1) is 0 Å². The van der Waals surface area contributed by atoms with Crippen molar-refractivity contribution in [3.8, 4) is 0 Å². The number of hydrogen-bond donors (Lipinski definition) is 1. The van der Waals surface area contributed by atoms with E-state index in [1.165, 1.54) is 7.11 Å². The molecule has 0 unspecified atom stereocenters. The SMILES string of the molecule is COC(=O)c1ccc(CNc2cccc(Cl)n2)o1. The number of methoxy groups -OCH3 is 1. The second-order valence-corrected chi connectivity index (χ2v) is 3.84. The molecule has 0 amide bonds. The van der Waals surface area contributed by atoms with Crippen LogP contribution in [0.25, 0.3) is 0 Å². The Bertz CT molecular complexity index is 554. The minimum absolute atomic E-state index is 0.174. The maximum absolute atomic E-state index is 11.2. The molecule has 2 heterocycles. The quantitative estimate of drug-likeness (QED) is 0.681. The fourth-order valence-corrected chi connectivity index (χ4v) is 1.53. The predicted molar refractivity (Wildman–Crippen MR) is 66.6 cm³/mol. The zero-order valence-electron chi connectivity index (χ0n) is 9.64. The van der Waals surface area contributed by atoms with Crippen LogP contribution in [0.3, 0.4) is 0 Å². The smallest absolute Gasteiger partial charge is 0.373 e. The Morgan fingerprint density at radius 1 is 1.44 bits per heavy atom.